The summed E-state index contributed by atoms with van der Waals surface area (Å²) in [5.41, 5.74) is -2.99. The second kappa shape index (κ2) is 6.79. The van der Waals surface area contributed by atoms with Crippen LogP contribution in [0.15, 0.2) is 53.0 Å². The Bertz CT molecular complexity index is 693. The molecule has 9 heteroatoms. The second-order valence-electron chi connectivity index (χ2n) is 3.83. The molecule has 1 unspecified atom stereocenters. The third-order valence-electron chi connectivity index (χ3n) is 2.30. The zero-order chi connectivity index (χ0) is 15.5. The van der Waals surface area contributed by atoms with E-state index in [0.29, 0.717) is 11.5 Å². The first-order valence-electron chi connectivity index (χ1n) is 5.56. The Morgan fingerprint density at radius 3 is 1.90 bits per heavy atom. The summed E-state index contributed by atoms with van der Waals surface area (Å²) in [4.78, 5) is 10.1. The Balaban J connectivity index is 2.08. The van der Waals surface area contributed by atoms with Crippen molar-refractivity contribution in [3.05, 3.63) is 63.1 Å². The Kier molecular flexibility index (Phi) is 5.27. The first kappa shape index (κ1) is 16.3. The molecule has 110 valence electrons. The summed E-state index contributed by atoms with van der Waals surface area (Å²) >= 11 is 13.6. The lowest BCUT2D eigenvalue weighted by atomic mass is 10.3. The van der Waals surface area contributed by atoms with Crippen molar-refractivity contribution in [2.45, 2.75) is 0 Å². The average Bonchev–Trinajstić information content (AvgIpc) is 2.41. The third-order valence-corrected chi connectivity index (χ3v) is 4.59. The molecular weight excluding hydrogens is 397 g/mol. The highest BCUT2D eigenvalue weighted by molar-refractivity contribution is 9.10. The zero-order valence-corrected chi connectivity index (χ0v) is 14.5. The van der Waals surface area contributed by atoms with E-state index in [1.54, 1.807) is 24.3 Å². The van der Waals surface area contributed by atoms with Gasteiger partial charge in [-0.2, -0.15) is 0 Å². The van der Waals surface area contributed by atoms with E-state index in [-0.39, 0.29) is 5.69 Å². The van der Waals surface area contributed by atoms with Gasteiger partial charge in [0.05, 0.1) is 4.92 Å². The molecule has 0 bridgehead atoms. The van der Waals surface area contributed by atoms with Crippen LogP contribution in [0.25, 0.3) is 0 Å². The van der Waals surface area contributed by atoms with Gasteiger partial charge in [0.2, 0.25) is 0 Å². The van der Waals surface area contributed by atoms with Crippen LogP contribution in [0.2, 0.25) is 0 Å². The van der Waals surface area contributed by atoms with Crippen LogP contribution in [0.5, 0.6) is 11.5 Å². The molecule has 0 fully saturated rings. The topological polar surface area (TPSA) is 61.6 Å². The molecule has 0 saturated carbocycles. The molecule has 0 aliphatic rings. The van der Waals surface area contributed by atoms with E-state index in [1.807, 2.05) is 0 Å². The number of benzene rings is 2. The number of nitro benzene ring substituents is 1. The summed E-state index contributed by atoms with van der Waals surface area (Å²) in [6.45, 7) is 0. The van der Waals surface area contributed by atoms with E-state index in [0.717, 1.165) is 4.47 Å². The minimum Gasteiger partial charge on any atom is -0.665 e. The molecule has 0 spiro atoms. The molecule has 0 aromatic heterocycles. The summed E-state index contributed by atoms with van der Waals surface area (Å²) < 4.78 is 11.9. The van der Waals surface area contributed by atoms with Crippen LogP contribution < -0.4 is 9.05 Å². The highest BCUT2D eigenvalue weighted by atomic mass is 79.9. The number of non-ortho nitro benzene ring substituents is 1. The predicted octanol–water partition coefficient (Wildman–Crippen LogP) is 4.59. The number of hydrogen-bond acceptors (Lipinski definition) is 6. The van der Waals surface area contributed by atoms with Crippen LogP contribution in [0.4, 0.5) is 5.69 Å². The molecule has 0 amide bonds. The molecule has 1 atom stereocenters. The summed E-state index contributed by atoms with van der Waals surface area (Å²) in [6, 6.07) is 12.6. The fourth-order valence-electron chi connectivity index (χ4n) is 1.40. The molecule has 0 radical (unpaired) electrons. The molecule has 0 aliphatic carbocycles. The number of rotatable bonds is 5. The van der Waals surface area contributed by atoms with Gasteiger partial charge in [0.25, 0.3) is 5.69 Å². The van der Waals surface area contributed by atoms with Crippen LogP contribution in [0.1, 0.15) is 0 Å². The van der Waals surface area contributed by atoms with Gasteiger partial charge >= 0.3 is 0 Å². The van der Waals surface area contributed by atoms with Crippen LogP contribution in [-0.2, 0) is 24.1 Å². The monoisotopic (exact) mass is 404 g/mol. The van der Waals surface area contributed by atoms with E-state index >= 15 is 0 Å². The second-order valence-corrected chi connectivity index (χ2v) is 9.59. The highest BCUT2D eigenvalue weighted by Gasteiger charge is 2.09. The lowest BCUT2D eigenvalue weighted by molar-refractivity contribution is -0.384. The molecule has 0 N–H and O–H groups in total. The smallest absolute Gasteiger partial charge is 0.269 e. The fraction of sp³-hybridized carbons (Fsp3) is 0. The van der Waals surface area contributed by atoms with E-state index in [4.69, 9.17) is 33.1 Å². The minimum absolute atomic E-state index is 0.0335. The number of nitro groups is 1. The van der Waals surface area contributed by atoms with Gasteiger partial charge in [0, 0.05) is 16.6 Å². The number of halogens is 1. The molecule has 21 heavy (non-hydrogen) atoms. The van der Waals surface area contributed by atoms with Gasteiger partial charge in [-0.1, -0.05) is 15.9 Å². The quantitative estimate of drug-likeness (QED) is 0.314. The largest absolute Gasteiger partial charge is 0.665 e. The van der Waals surface area contributed by atoms with Crippen molar-refractivity contribution in [1.82, 2.24) is 0 Å². The van der Waals surface area contributed by atoms with Gasteiger partial charge < -0.3 is 21.3 Å². The molecule has 2 aromatic carbocycles. The Labute approximate surface area is 139 Å². The van der Waals surface area contributed by atoms with Crippen LogP contribution in [0, 0.1) is 10.1 Å². The Morgan fingerprint density at radius 1 is 1.05 bits per heavy atom. The maximum Gasteiger partial charge on any atom is 0.269 e. The van der Waals surface area contributed by atoms with Gasteiger partial charge in [0.15, 0.2) is 5.69 Å². The van der Waals surface area contributed by atoms with Gasteiger partial charge in [0.1, 0.15) is 11.5 Å². The highest BCUT2D eigenvalue weighted by Crippen LogP contribution is 2.46. The van der Waals surface area contributed by atoms with Crippen molar-refractivity contribution in [3.63, 3.8) is 0 Å². The van der Waals surface area contributed by atoms with E-state index in [9.17, 15) is 10.1 Å². The van der Waals surface area contributed by atoms with Gasteiger partial charge in [-0.05, 0) is 48.2 Å². The summed E-state index contributed by atoms with van der Waals surface area (Å²) in [5, 5.41) is 10.6. The van der Waals surface area contributed by atoms with Crippen molar-refractivity contribution in [2.75, 3.05) is 0 Å². The average molecular weight is 405 g/mol. The Hall–Kier alpha value is -1.08. The third kappa shape index (κ3) is 5.00. The van der Waals surface area contributed by atoms with Crippen LogP contribution >= 0.6 is 21.6 Å². The lowest BCUT2D eigenvalue weighted by Gasteiger charge is -2.29. The van der Waals surface area contributed by atoms with Crippen molar-refractivity contribution in [3.8, 4) is 11.5 Å². The first-order valence-corrected chi connectivity index (χ1v) is 10.0. The molecule has 0 aliphatic heterocycles. The van der Waals surface area contributed by atoms with Gasteiger partial charge in [-0.3, -0.25) is 10.1 Å². The summed E-state index contributed by atoms with van der Waals surface area (Å²) in [6.07, 6.45) is 0. The molecule has 5 nitrogen and oxygen atoms in total. The van der Waals surface area contributed by atoms with E-state index in [1.165, 1.54) is 24.3 Å². The van der Waals surface area contributed by atoms with E-state index in [2.05, 4.69) is 15.9 Å². The van der Waals surface area contributed by atoms with Crippen molar-refractivity contribution in [1.29, 1.82) is 0 Å². The van der Waals surface area contributed by atoms with Crippen molar-refractivity contribution < 1.29 is 14.0 Å². The lowest BCUT2D eigenvalue weighted by Crippen LogP contribution is -1.97. The maximum absolute atomic E-state index is 10.6. The molecule has 0 heterocycles. The fourth-order valence-corrected chi connectivity index (χ4v) is 3.50. The summed E-state index contributed by atoms with van der Waals surface area (Å²) in [7, 11) is 0. The maximum atomic E-state index is 10.6. The van der Waals surface area contributed by atoms with Crippen LogP contribution in [0.3, 0.4) is 0 Å². The zero-order valence-electron chi connectivity index (χ0n) is 10.3. The number of hydrogen-bond donors (Lipinski definition) is 0. The normalized spacial score (nSPS) is 13.2. The standard InChI is InChI=1S/C12H9BrNO4PS2/c13-9-1-5-11(6-2-9)17-19(20,21)18-12-7-3-10(4-8-12)14(15)16/h1-8H,(H,20,21)/p-1. The molecule has 2 rings (SSSR count). The first-order chi connectivity index (χ1) is 9.85. The number of nitrogens with zero attached hydrogens (tertiary/aromatic N) is 1. The molecule has 0 saturated heterocycles. The predicted molar refractivity (Wildman–Crippen MR) is 90.1 cm³/mol. The molecular formula is C12H8BrNO4PS2-. The van der Waals surface area contributed by atoms with Gasteiger partial charge in [-0.15, -0.1) is 0 Å². The molecule has 2 aromatic rings. The van der Waals surface area contributed by atoms with Crippen molar-refractivity contribution in [2.24, 2.45) is 0 Å². The van der Waals surface area contributed by atoms with E-state index < -0.39 is 10.6 Å². The minimum atomic E-state index is -2.96. The van der Waals surface area contributed by atoms with Crippen LogP contribution in [-0.4, -0.2) is 4.92 Å². The SMILES string of the molecule is O=[N+]([O-])c1ccc(OP(=S)([S-])Oc2ccc(Br)cc2)cc1. The Morgan fingerprint density at radius 2 is 1.48 bits per heavy atom. The van der Waals surface area contributed by atoms with Gasteiger partial charge in [-0.25, -0.2) is 0 Å². The van der Waals surface area contributed by atoms with Crippen molar-refractivity contribution >= 4 is 51.4 Å². The summed E-state index contributed by atoms with van der Waals surface area (Å²) in [5.74, 6) is 0.856.